The lowest BCUT2D eigenvalue weighted by Gasteiger charge is -2.38. The van der Waals surface area contributed by atoms with Crippen molar-refractivity contribution in [2.75, 3.05) is 39.1 Å². The van der Waals surface area contributed by atoms with E-state index in [1.54, 1.807) is 20.3 Å². The van der Waals surface area contributed by atoms with Gasteiger partial charge in [-0.2, -0.15) is 30.2 Å². The summed E-state index contributed by atoms with van der Waals surface area (Å²) < 4.78 is 65.1. The first-order chi connectivity index (χ1) is 13.9. The van der Waals surface area contributed by atoms with Crippen LogP contribution in [0.15, 0.2) is 24.4 Å². The van der Waals surface area contributed by atoms with Gasteiger partial charge in [0.25, 0.3) is 10.2 Å². The number of aromatic nitrogens is 1. The molecule has 0 aromatic carbocycles. The van der Waals surface area contributed by atoms with Gasteiger partial charge in [0.1, 0.15) is 5.82 Å². The van der Waals surface area contributed by atoms with E-state index in [-0.39, 0.29) is 11.6 Å². The average molecular weight is 454 g/mol. The molecule has 0 aliphatic carbocycles. The number of pyridine rings is 1. The van der Waals surface area contributed by atoms with Crippen molar-refractivity contribution < 1.29 is 36.2 Å². The van der Waals surface area contributed by atoms with Crippen molar-refractivity contribution in [1.29, 1.82) is 0 Å². The van der Waals surface area contributed by atoms with Crippen LogP contribution in [-0.4, -0.2) is 84.7 Å². The summed E-state index contributed by atoms with van der Waals surface area (Å²) >= 11 is 0. The summed E-state index contributed by atoms with van der Waals surface area (Å²) in [6.07, 6.45) is -0.888. The first-order valence-corrected chi connectivity index (χ1v) is 10.5. The first kappa shape index (κ1) is 24.3. The van der Waals surface area contributed by atoms with Crippen LogP contribution in [0.4, 0.5) is 19.0 Å². The molecule has 170 valence electrons. The molecule has 2 atom stereocenters. The van der Waals surface area contributed by atoms with Gasteiger partial charge < -0.3 is 15.2 Å². The maximum absolute atomic E-state index is 12.3. The Morgan fingerprint density at radius 2 is 2.07 bits per heavy atom. The van der Waals surface area contributed by atoms with E-state index in [0.717, 1.165) is 25.1 Å². The molecule has 30 heavy (non-hydrogen) atoms. The number of nitrogens with one attached hydrogen (secondary N) is 1. The maximum Gasteiger partial charge on any atom is 0.490 e. The summed E-state index contributed by atoms with van der Waals surface area (Å²) in [6, 6.07) is 6.03. The predicted molar refractivity (Wildman–Crippen MR) is 102 cm³/mol. The second-order valence-electron chi connectivity index (χ2n) is 7.26. The number of hydrogen-bond donors (Lipinski definition) is 2. The van der Waals surface area contributed by atoms with Gasteiger partial charge in [0.2, 0.25) is 0 Å². The number of carboxylic acids is 1. The normalized spacial score (nSPS) is 25.1. The van der Waals surface area contributed by atoms with Gasteiger partial charge in [-0.3, -0.25) is 0 Å². The van der Waals surface area contributed by atoms with Crippen molar-refractivity contribution in [2.45, 2.75) is 37.1 Å². The van der Waals surface area contributed by atoms with E-state index in [9.17, 15) is 21.6 Å². The fourth-order valence-electron chi connectivity index (χ4n) is 3.33. The molecular weight excluding hydrogens is 429 g/mol. The highest BCUT2D eigenvalue weighted by atomic mass is 32.2. The molecule has 0 amide bonds. The Morgan fingerprint density at radius 1 is 1.40 bits per heavy atom. The smallest absolute Gasteiger partial charge is 0.475 e. The number of ether oxygens (including phenoxy) is 1. The molecule has 2 aliphatic rings. The fourth-order valence-corrected chi connectivity index (χ4v) is 4.51. The van der Waals surface area contributed by atoms with E-state index in [1.165, 1.54) is 8.61 Å². The lowest BCUT2D eigenvalue weighted by atomic mass is 9.89. The van der Waals surface area contributed by atoms with Gasteiger partial charge in [-0.1, -0.05) is 6.07 Å². The van der Waals surface area contributed by atoms with Gasteiger partial charge in [-0.25, -0.2) is 9.78 Å². The van der Waals surface area contributed by atoms with E-state index in [1.807, 2.05) is 18.2 Å². The van der Waals surface area contributed by atoms with Crippen molar-refractivity contribution in [2.24, 2.45) is 0 Å². The van der Waals surface area contributed by atoms with Gasteiger partial charge in [0.15, 0.2) is 0 Å². The highest BCUT2D eigenvalue weighted by molar-refractivity contribution is 7.86. The molecule has 1 aromatic rings. The summed E-state index contributed by atoms with van der Waals surface area (Å²) in [6.45, 7) is 1.57. The number of carboxylic acid groups (broad SMARTS) is 1. The van der Waals surface area contributed by atoms with Crippen LogP contribution in [-0.2, 0) is 19.7 Å². The van der Waals surface area contributed by atoms with Crippen molar-refractivity contribution in [3.05, 3.63) is 24.4 Å². The zero-order valence-corrected chi connectivity index (χ0v) is 17.4. The van der Waals surface area contributed by atoms with E-state index in [0.29, 0.717) is 19.7 Å². The lowest BCUT2D eigenvalue weighted by Crippen LogP contribution is -2.48. The number of nitrogens with zero attached hydrogens (tertiary/aromatic N) is 3. The fraction of sp³-hybridized carbons (Fsp3) is 0.647. The third-order valence-electron chi connectivity index (χ3n) is 4.82. The molecule has 0 unspecified atom stereocenters. The molecule has 2 saturated heterocycles. The standard InChI is InChI=1S/C15H24N4O3S.C2HF3O2/c1-18(2)23(20,21)19-9-7-15(12-19)11-13(6-10-22-15)17-14-5-3-4-8-16-14;3-2(4,5)1(6)7/h3-5,8,13H,6-7,9-12H2,1-2H3,(H,16,17);(H,6,7)/t13-,15-;/m1./s1. The third kappa shape index (κ3) is 6.27. The number of alkyl halides is 3. The quantitative estimate of drug-likeness (QED) is 0.710. The Hall–Kier alpha value is -1.96. The van der Waals surface area contributed by atoms with Crippen LogP contribution < -0.4 is 5.32 Å². The molecule has 0 saturated carbocycles. The van der Waals surface area contributed by atoms with Crippen molar-refractivity contribution in [1.82, 2.24) is 13.6 Å². The second kappa shape index (κ2) is 9.45. The van der Waals surface area contributed by atoms with E-state index in [2.05, 4.69) is 10.3 Å². The molecule has 3 rings (SSSR count). The van der Waals surface area contributed by atoms with Crippen molar-refractivity contribution >= 4 is 22.0 Å². The zero-order valence-electron chi connectivity index (χ0n) is 16.6. The van der Waals surface area contributed by atoms with Crippen LogP contribution in [0.1, 0.15) is 19.3 Å². The molecule has 9 nitrogen and oxygen atoms in total. The predicted octanol–water partition coefficient (Wildman–Crippen LogP) is 1.56. The minimum absolute atomic E-state index is 0.251. The largest absolute Gasteiger partial charge is 0.490 e. The number of anilines is 1. The second-order valence-corrected chi connectivity index (χ2v) is 9.40. The molecule has 1 spiro atoms. The molecular formula is C17H25F3N4O5S. The van der Waals surface area contributed by atoms with Gasteiger partial charge >= 0.3 is 12.1 Å². The Balaban J connectivity index is 0.000000396. The number of hydrogen-bond acceptors (Lipinski definition) is 6. The highest BCUT2D eigenvalue weighted by Crippen LogP contribution is 2.36. The monoisotopic (exact) mass is 454 g/mol. The van der Waals surface area contributed by atoms with Gasteiger partial charge in [-0.05, 0) is 31.4 Å². The first-order valence-electron chi connectivity index (χ1n) is 9.15. The third-order valence-corrected chi connectivity index (χ3v) is 6.71. The molecule has 2 fully saturated rings. The maximum atomic E-state index is 12.3. The summed E-state index contributed by atoms with van der Waals surface area (Å²) in [7, 11) is -0.248. The Kier molecular flexibility index (Phi) is 7.66. The Morgan fingerprint density at radius 3 is 2.60 bits per heavy atom. The summed E-state index contributed by atoms with van der Waals surface area (Å²) in [5, 5.41) is 10.6. The molecule has 3 heterocycles. The molecule has 0 bridgehead atoms. The molecule has 0 radical (unpaired) electrons. The molecule has 13 heteroatoms. The van der Waals surface area contributed by atoms with Crippen molar-refractivity contribution in [3.63, 3.8) is 0 Å². The summed E-state index contributed by atoms with van der Waals surface area (Å²) in [5.74, 6) is -1.90. The number of carbonyl (C=O) groups is 1. The zero-order chi connectivity index (χ0) is 22.6. The van der Waals surface area contributed by atoms with Crippen LogP contribution in [0.25, 0.3) is 0 Å². The Labute approximate surface area is 173 Å². The summed E-state index contributed by atoms with van der Waals surface area (Å²) in [4.78, 5) is 13.2. The van der Waals surface area contributed by atoms with E-state index >= 15 is 0 Å². The molecule has 1 aromatic heterocycles. The van der Waals surface area contributed by atoms with Crippen LogP contribution in [0.5, 0.6) is 0 Å². The SMILES string of the molecule is CN(C)S(=O)(=O)N1CC[C@@]2(C[C@H](Nc3ccccn3)CCO2)C1.O=C(O)C(F)(F)F. The van der Waals surface area contributed by atoms with Gasteiger partial charge in [0.05, 0.1) is 5.60 Å². The number of rotatable bonds is 4. The van der Waals surface area contributed by atoms with Gasteiger partial charge in [0, 0.05) is 46.0 Å². The number of halogens is 3. The summed E-state index contributed by atoms with van der Waals surface area (Å²) in [5.41, 5.74) is -0.381. The molecule has 2 N–H and O–H groups in total. The number of aliphatic carboxylic acids is 1. The minimum Gasteiger partial charge on any atom is -0.475 e. The topological polar surface area (TPSA) is 112 Å². The Bertz CT molecular complexity index is 822. The van der Waals surface area contributed by atoms with E-state index < -0.39 is 22.4 Å². The highest BCUT2D eigenvalue weighted by Gasteiger charge is 2.47. The van der Waals surface area contributed by atoms with Crippen LogP contribution >= 0.6 is 0 Å². The molecule has 2 aliphatic heterocycles. The lowest BCUT2D eigenvalue weighted by molar-refractivity contribution is -0.192. The van der Waals surface area contributed by atoms with Crippen LogP contribution in [0.3, 0.4) is 0 Å². The van der Waals surface area contributed by atoms with Crippen LogP contribution in [0.2, 0.25) is 0 Å². The van der Waals surface area contributed by atoms with E-state index in [4.69, 9.17) is 14.6 Å². The van der Waals surface area contributed by atoms with Crippen molar-refractivity contribution in [3.8, 4) is 0 Å². The minimum atomic E-state index is -5.08. The van der Waals surface area contributed by atoms with Crippen LogP contribution in [0, 0.1) is 0 Å². The average Bonchev–Trinajstić information content (AvgIpc) is 3.06. The van der Waals surface area contributed by atoms with Gasteiger partial charge in [-0.15, -0.1) is 0 Å².